The van der Waals surface area contributed by atoms with Crippen LogP contribution >= 0.6 is 0 Å². The molecule has 17 atom stereocenters. The van der Waals surface area contributed by atoms with E-state index in [9.17, 15) is 30.0 Å². The molecule has 0 bridgehead atoms. The average Bonchev–Trinajstić information content (AvgIpc) is 3.53. The molecular formula is C50H67NO14. The number of aromatic nitrogens is 1. The maximum atomic E-state index is 13.8. The molecule has 1 aromatic carbocycles. The molecule has 2 saturated heterocycles. The molecule has 0 unspecified atom stereocenters. The Kier molecular flexibility index (Phi) is 13.6. The lowest BCUT2D eigenvalue weighted by atomic mass is 9.42. The van der Waals surface area contributed by atoms with E-state index in [1.807, 2.05) is 43.3 Å². The van der Waals surface area contributed by atoms with Crippen LogP contribution in [0.25, 0.3) is 6.08 Å². The summed E-state index contributed by atoms with van der Waals surface area (Å²) in [5.74, 6) is -1.96. The van der Waals surface area contributed by atoms with Crippen LogP contribution in [-0.2, 0) is 42.7 Å². The number of aliphatic hydroxyl groups is 4. The number of carbonyl (C=O) groups excluding carboxylic acids is 2. The van der Waals surface area contributed by atoms with Gasteiger partial charge in [-0.3, -0.25) is 4.98 Å². The molecular weight excluding hydrogens is 839 g/mol. The van der Waals surface area contributed by atoms with Gasteiger partial charge in [0.1, 0.15) is 41.2 Å². The third-order valence-electron chi connectivity index (χ3n) is 16.5. The van der Waals surface area contributed by atoms with Crippen LogP contribution in [0.5, 0.6) is 0 Å². The number of hydrogen-bond donors (Lipinski definition) is 4. The van der Waals surface area contributed by atoms with E-state index in [0.29, 0.717) is 32.1 Å². The Labute approximate surface area is 381 Å². The number of hydrogen-bond acceptors (Lipinski definition) is 15. The summed E-state index contributed by atoms with van der Waals surface area (Å²) in [7, 11) is 3.20. The highest BCUT2D eigenvalue weighted by molar-refractivity contribution is 5.89. The number of benzene rings is 1. The van der Waals surface area contributed by atoms with E-state index in [1.54, 1.807) is 53.2 Å². The van der Waals surface area contributed by atoms with Crippen LogP contribution in [-0.4, -0.2) is 136 Å². The minimum absolute atomic E-state index is 0.0363. The fourth-order valence-corrected chi connectivity index (χ4v) is 12.5. The molecule has 4 N–H and O–H groups in total. The standard InChI is InChI=1S/C50H67NO14/c1-29-43(53)36(58-6)25-42(60-29)65-44-30(2)61-41(26-37(44)59-7)63-35-18-19-46(4)34(24-35)17-20-49(56)38(46)27-39(64-40(52)16-15-32-12-9-8-10-13-32)47(5)48(55,21-22-50(47,49)57)31(3)62-45(54)33-14-11-23-51-28-33/h8-17,23,28-31,35-39,41-44,53,55-57H,18-22,24-27H2,1-7H3/b16-15+/t29-,30-,31+,35+,36-,37+,38-,39-,41+,42+,43-,44-,46+,47-,48-,49+,50-/m1/s1. The molecule has 15 nitrogen and oxygen atoms in total. The van der Waals surface area contributed by atoms with Crippen LogP contribution in [0, 0.1) is 16.7 Å². The summed E-state index contributed by atoms with van der Waals surface area (Å²) in [4.78, 5) is 31.2. The first kappa shape index (κ1) is 47.9. The Hall–Kier alpha value is -3.61. The molecule has 3 saturated carbocycles. The Morgan fingerprint density at radius 1 is 0.892 bits per heavy atom. The van der Waals surface area contributed by atoms with Crippen molar-refractivity contribution in [2.24, 2.45) is 16.7 Å². The van der Waals surface area contributed by atoms with Gasteiger partial charge in [0.2, 0.25) is 0 Å². The van der Waals surface area contributed by atoms with Gasteiger partial charge >= 0.3 is 11.9 Å². The van der Waals surface area contributed by atoms with Crippen molar-refractivity contribution in [3.8, 4) is 0 Å². The lowest BCUT2D eigenvalue weighted by molar-refractivity contribution is -0.328. The summed E-state index contributed by atoms with van der Waals surface area (Å²) in [6, 6.07) is 12.5. The van der Waals surface area contributed by atoms with E-state index in [1.165, 1.54) is 18.5 Å². The Morgan fingerprint density at radius 2 is 1.60 bits per heavy atom. The van der Waals surface area contributed by atoms with Crippen molar-refractivity contribution < 1.29 is 67.9 Å². The highest BCUT2D eigenvalue weighted by atomic mass is 16.7. The fourth-order valence-electron chi connectivity index (χ4n) is 12.5. The second kappa shape index (κ2) is 18.5. The van der Waals surface area contributed by atoms with Crippen LogP contribution in [0.1, 0.15) is 108 Å². The van der Waals surface area contributed by atoms with Gasteiger partial charge in [0, 0.05) is 51.4 Å². The summed E-state index contributed by atoms with van der Waals surface area (Å²) < 4.78 is 49.2. The second-order valence-electron chi connectivity index (χ2n) is 19.7. The molecule has 5 fully saturated rings. The van der Waals surface area contributed by atoms with E-state index in [0.717, 1.165) is 11.1 Å². The average molecular weight is 906 g/mol. The van der Waals surface area contributed by atoms with Crippen molar-refractivity contribution >= 4 is 18.0 Å². The van der Waals surface area contributed by atoms with Gasteiger partial charge in [-0.15, -0.1) is 0 Å². The molecule has 6 aliphatic rings. The number of pyridine rings is 1. The van der Waals surface area contributed by atoms with Gasteiger partial charge in [0.25, 0.3) is 0 Å². The zero-order valence-corrected chi connectivity index (χ0v) is 38.5. The highest BCUT2D eigenvalue weighted by Gasteiger charge is 2.81. The number of aliphatic hydroxyl groups excluding tert-OH is 1. The maximum absolute atomic E-state index is 13.8. The van der Waals surface area contributed by atoms with Crippen LogP contribution in [0.15, 0.2) is 72.6 Å². The first-order valence-electron chi connectivity index (χ1n) is 23.2. The molecule has 0 radical (unpaired) electrons. The highest BCUT2D eigenvalue weighted by Crippen LogP contribution is 2.71. The molecule has 65 heavy (non-hydrogen) atoms. The van der Waals surface area contributed by atoms with Gasteiger partial charge in [-0.05, 0) is 94.9 Å². The van der Waals surface area contributed by atoms with Crippen molar-refractivity contribution in [3.63, 3.8) is 0 Å². The summed E-state index contributed by atoms with van der Waals surface area (Å²) in [6.45, 7) is 9.04. The van der Waals surface area contributed by atoms with Gasteiger partial charge in [0.05, 0.1) is 41.5 Å². The first-order valence-corrected chi connectivity index (χ1v) is 23.2. The number of carbonyl (C=O) groups is 2. The number of methoxy groups -OCH3 is 2. The van der Waals surface area contributed by atoms with E-state index in [-0.39, 0.29) is 43.5 Å². The summed E-state index contributed by atoms with van der Waals surface area (Å²) >= 11 is 0. The van der Waals surface area contributed by atoms with Crippen LogP contribution in [0.3, 0.4) is 0 Å². The van der Waals surface area contributed by atoms with Crippen molar-refractivity contribution in [1.29, 1.82) is 0 Å². The smallest absolute Gasteiger partial charge is 0.340 e. The monoisotopic (exact) mass is 905 g/mol. The van der Waals surface area contributed by atoms with Gasteiger partial charge in [-0.25, -0.2) is 9.59 Å². The van der Waals surface area contributed by atoms with Gasteiger partial charge < -0.3 is 58.3 Å². The molecule has 8 rings (SSSR count). The van der Waals surface area contributed by atoms with E-state index >= 15 is 0 Å². The quantitative estimate of drug-likeness (QED) is 0.123. The molecule has 0 amide bonds. The van der Waals surface area contributed by atoms with Gasteiger partial charge in [-0.2, -0.15) is 0 Å². The fraction of sp³-hybridized carbons (Fsp3) is 0.660. The third kappa shape index (κ3) is 8.31. The summed E-state index contributed by atoms with van der Waals surface area (Å²) in [5.41, 5.74) is -5.95. The zero-order chi connectivity index (χ0) is 46.5. The lowest BCUT2D eigenvalue weighted by Crippen LogP contribution is -2.78. The maximum Gasteiger partial charge on any atom is 0.340 e. The Morgan fingerprint density at radius 3 is 2.31 bits per heavy atom. The topological polar surface area (TPSA) is 202 Å². The number of rotatable bonds is 12. The van der Waals surface area contributed by atoms with Gasteiger partial charge in [-0.1, -0.05) is 55.8 Å². The van der Waals surface area contributed by atoms with Crippen molar-refractivity contribution in [1.82, 2.24) is 4.98 Å². The number of fused-ring (bicyclic) bond motifs is 5. The second-order valence-corrected chi connectivity index (χ2v) is 19.7. The van der Waals surface area contributed by atoms with E-state index in [4.69, 9.17) is 37.9 Å². The largest absolute Gasteiger partial charge is 0.458 e. The van der Waals surface area contributed by atoms with E-state index < -0.39 is 101 Å². The van der Waals surface area contributed by atoms with Crippen molar-refractivity contribution in [2.45, 2.75) is 177 Å². The molecule has 1 aromatic heterocycles. The number of nitrogens with zero attached hydrogens (tertiary/aromatic N) is 1. The first-order chi connectivity index (χ1) is 30.9. The minimum atomic E-state index is -1.98. The Balaban J connectivity index is 1.02. The summed E-state index contributed by atoms with van der Waals surface area (Å²) in [5, 5.41) is 49.8. The van der Waals surface area contributed by atoms with Crippen LogP contribution in [0.2, 0.25) is 0 Å². The molecule has 2 aliphatic heterocycles. The Bertz CT molecular complexity index is 2070. The SMILES string of the molecule is CO[C@H]1C[C@H](O[C@H]2CC[C@@]3(C)C(=CC[C@]4(O)[C@@H]3C[C@@H](OC(=O)/C=C/c3ccccc3)[C@@]3(C)[C@]4(O)CC[C@@]3(O)[C@H](C)OC(=O)c3cccnc3)C2)O[C@H](C)[C@H]1O[C@H]1C[C@@H](OC)[C@H](O)[C@@H](C)O1. The molecule has 15 heteroatoms. The molecule has 4 aliphatic carbocycles. The van der Waals surface area contributed by atoms with Gasteiger partial charge in [0.15, 0.2) is 12.6 Å². The predicted octanol–water partition coefficient (Wildman–Crippen LogP) is 5.22. The van der Waals surface area contributed by atoms with Crippen LogP contribution < -0.4 is 0 Å². The molecule has 0 spiro atoms. The zero-order valence-electron chi connectivity index (χ0n) is 38.5. The predicted molar refractivity (Wildman–Crippen MR) is 235 cm³/mol. The molecule has 2 aromatic rings. The number of esters is 2. The minimum Gasteiger partial charge on any atom is -0.458 e. The van der Waals surface area contributed by atoms with E-state index in [2.05, 4.69) is 11.9 Å². The van der Waals surface area contributed by atoms with Crippen molar-refractivity contribution in [3.05, 3.63) is 83.7 Å². The molecule has 3 heterocycles. The molecule has 356 valence electrons. The van der Waals surface area contributed by atoms with Crippen molar-refractivity contribution in [2.75, 3.05) is 14.2 Å². The number of ether oxygens (including phenoxy) is 8. The lowest BCUT2D eigenvalue weighted by Gasteiger charge is -2.67. The van der Waals surface area contributed by atoms with Crippen LogP contribution in [0.4, 0.5) is 0 Å². The normalized spacial score (nSPS) is 43.1. The third-order valence-corrected chi connectivity index (χ3v) is 16.5. The summed E-state index contributed by atoms with van der Waals surface area (Å²) in [6.07, 6.45) is 3.99.